The first kappa shape index (κ1) is 21.2. The van der Waals surface area contributed by atoms with Crippen LogP contribution in [-0.2, 0) is 17.8 Å². The number of halogens is 1. The van der Waals surface area contributed by atoms with Crippen LogP contribution in [0.1, 0.15) is 40.0 Å². The molecule has 0 aliphatic carbocycles. The second-order valence-electron chi connectivity index (χ2n) is 6.82. The van der Waals surface area contributed by atoms with E-state index >= 15 is 0 Å². The molecule has 0 saturated carbocycles. The number of aromatic amines is 1. The molecule has 0 spiro atoms. The van der Waals surface area contributed by atoms with Crippen molar-refractivity contribution in [1.29, 1.82) is 0 Å². The molecular formula is C22H24FN3O4. The van der Waals surface area contributed by atoms with E-state index in [1.54, 1.807) is 32.0 Å². The molecule has 7 nitrogen and oxygen atoms in total. The predicted octanol–water partition coefficient (Wildman–Crippen LogP) is 4.77. The Kier molecular flexibility index (Phi) is 6.56. The zero-order valence-electron chi connectivity index (χ0n) is 17.1. The maximum atomic E-state index is 13.5. The van der Waals surface area contributed by atoms with Crippen LogP contribution < -0.4 is 5.32 Å². The second kappa shape index (κ2) is 9.30. The molecule has 0 unspecified atom stereocenters. The number of benzene rings is 1. The van der Waals surface area contributed by atoms with Crippen LogP contribution in [0.3, 0.4) is 0 Å². The molecule has 2 amide bonds. The third-order valence-electron chi connectivity index (χ3n) is 4.71. The average molecular weight is 413 g/mol. The summed E-state index contributed by atoms with van der Waals surface area (Å²) in [5.74, 6) is -0.284. The van der Waals surface area contributed by atoms with Crippen molar-refractivity contribution in [1.82, 2.24) is 9.88 Å². The summed E-state index contributed by atoms with van der Waals surface area (Å²) in [6.45, 7) is 6.07. The molecule has 3 rings (SSSR count). The van der Waals surface area contributed by atoms with E-state index in [9.17, 15) is 14.0 Å². The van der Waals surface area contributed by atoms with Crippen LogP contribution in [0, 0.1) is 19.7 Å². The molecule has 158 valence electrons. The van der Waals surface area contributed by atoms with E-state index < -0.39 is 17.8 Å². The molecule has 30 heavy (non-hydrogen) atoms. The molecular weight excluding hydrogens is 389 g/mol. The van der Waals surface area contributed by atoms with Crippen LogP contribution in [-0.4, -0.2) is 28.5 Å². The number of hydrogen-bond donors (Lipinski definition) is 2. The number of aryl methyl sites for hydroxylation is 1. The quantitative estimate of drug-likeness (QED) is 0.546. The number of carbonyl (C=O) groups is 2. The summed E-state index contributed by atoms with van der Waals surface area (Å²) in [5, 5.41) is 2.71. The Hall–Kier alpha value is -3.55. The summed E-state index contributed by atoms with van der Waals surface area (Å²) < 4.78 is 24.0. The maximum Gasteiger partial charge on any atom is 0.355 e. The van der Waals surface area contributed by atoms with Crippen molar-refractivity contribution in [3.63, 3.8) is 0 Å². The summed E-state index contributed by atoms with van der Waals surface area (Å²) in [7, 11) is 0. The lowest BCUT2D eigenvalue weighted by Crippen LogP contribution is -2.34. The van der Waals surface area contributed by atoms with E-state index in [0.717, 1.165) is 11.3 Å². The van der Waals surface area contributed by atoms with Gasteiger partial charge in [-0.2, -0.15) is 0 Å². The number of hydrogen-bond acceptors (Lipinski definition) is 4. The molecule has 3 aromatic rings. The monoisotopic (exact) mass is 413 g/mol. The van der Waals surface area contributed by atoms with E-state index in [1.807, 2.05) is 6.92 Å². The number of nitrogens with one attached hydrogen (secondary N) is 2. The van der Waals surface area contributed by atoms with Crippen LogP contribution in [0.25, 0.3) is 0 Å². The predicted molar refractivity (Wildman–Crippen MR) is 110 cm³/mol. The van der Waals surface area contributed by atoms with Crippen molar-refractivity contribution in [2.24, 2.45) is 0 Å². The van der Waals surface area contributed by atoms with E-state index in [-0.39, 0.29) is 19.7 Å². The molecule has 0 saturated heterocycles. The summed E-state index contributed by atoms with van der Waals surface area (Å²) in [6, 6.07) is 8.77. The molecule has 1 aromatic carbocycles. The van der Waals surface area contributed by atoms with Gasteiger partial charge in [0.05, 0.1) is 19.4 Å². The SMILES string of the molecule is CCOC(=O)c1[nH]c(C)c(CN(Cc2ccco2)C(=O)Nc2cccc(F)c2)c1C. The lowest BCUT2D eigenvalue weighted by molar-refractivity contribution is 0.0519. The van der Waals surface area contributed by atoms with Gasteiger partial charge in [-0.15, -0.1) is 0 Å². The Labute approximate surface area is 173 Å². The van der Waals surface area contributed by atoms with Gasteiger partial charge in [0.25, 0.3) is 0 Å². The van der Waals surface area contributed by atoms with Gasteiger partial charge in [-0.25, -0.2) is 14.0 Å². The Morgan fingerprint density at radius 1 is 1.20 bits per heavy atom. The Balaban J connectivity index is 1.86. The molecule has 0 aliphatic heterocycles. The van der Waals surface area contributed by atoms with Crippen molar-refractivity contribution in [3.8, 4) is 0 Å². The van der Waals surface area contributed by atoms with E-state index in [4.69, 9.17) is 9.15 Å². The van der Waals surface area contributed by atoms with Crippen LogP contribution in [0.5, 0.6) is 0 Å². The number of furan rings is 1. The average Bonchev–Trinajstić information content (AvgIpc) is 3.31. The van der Waals surface area contributed by atoms with Gasteiger partial charge in [0.15, 0.2) is 0 Å². The first-order valence-electron chi connectivity index (χ1n) is 9.58. The van der Waals surface area contributed by atoms with Crippen molar-refractivity contribution in [2.45, 2.75) is 33.9 Å². The highest BCUT2D eigenvalue weighted by Gasteiger charge is 2.23. The second-order valence-corrected chi connectivity index (χ2v) is 6.82. The number of ether oxygens (including phenoxy) is 1. The third-order valence-corrected chi connectivity index (χ3v) is 4.71. The number of rotatable bonds is 7. The molecule has 0 atom stereocenters. The van der Waals surface area contributed by atoms with Gasteiger partial charge in [0.1, 0.15) is 17.3 Å². The fraction of sp³-hybridized carbons (Fsp3) is 0.273. The number of anilines is 1. The van der Waals surface area contributed by atoms with Gasteiger partial charge in [-0.1, -0.05) is 6.07 Å². The number of urea groups is 1. The minimum Gasteiger partial charge on any atom is -0.467 e. The number of carbonyl (C=O) groups excluding carboxylic acids is 2. The lowest BCUT2D eigenvalue weighted by atomic mass is 10.1. The molecule has 2 N–H and O–H groups in total. The zero-order valence-corrected chi connectivity index (χ0v) is 17.1. The summed E-state index contributed by atoms with van der Waals surface area (Å²) in [4.78, 5) is 29.7. The largest absolute Gasteiger partial charge is 0.467 e. The standard InChI is InChI=1S/C22H24FN3O4/c1-4-29-21(27)20-14(2)19(15(3)24-20)13-26(12-18-9-6-10-30-18)22(28)25-17-8-5-7-16(23)11-17/h5-11,24H,4,12-13H2,1-3H3,(H,25,28). The Bertz CT molecular complexity index is 1030. The van der Waals surface area contributed by atoms with E-state index in [0.29, 0.717) is 22.7 Å². The van der Waals surface area contributed by atoms with E-state index in [2.05, 4.69) is 10.3 Å². The van der Waals surface area contributed by atoms with E-state index in [1.165, 1.54) is 29.4 Å². The van der Waals surface area contributed by atoms with Gasteiger partial charge >= 0.3 is 12.0 Å². The lowest BCUT2D eigenvalue weighted by Gasteiger charge is -2.23. The molecule has 8 heteroatoms. The van der Waals surface area contributed by atoms with Crippen LogP contribution in [0.2, 0.25) is 0 Å². The Morgan fingerprint density at radius 3 is 2.67 bits per heavy atom. The van der Waals surface area contributed by atoms with Gasteiger partial charge in [-0.3, -0.25) is 0 Å². The fourth-order valence-electron chi connectivity index (χ4n) is 3.18. The molecule has 2 heterocycles. The van der Waals surface area contributed by atoms with Gasteiger partial charge in [0, 0.05) is 17.9 Å². The number of nitrogens with zero attached hydrogens (tertiary/aromatic N) is 1. The number of aromatic nitrogens is 1. The molecule has 0 radical (unpaired) electrons. The molecule has 0 aliphatic rings. The number of H-pyrrole nitrogens is 1. The maximum absolute atomic E-state index is 13.5. The van der Waals surface area contributed by atoms with Crippen molar-refractivity contribution in [3.05, 3.63) is 76.8 Å². The molecule has 2 aromatic heterocycles. The highest BCUT2D eigenvalue weighted by molar-refractivity contribution is 5.91. The van der Waals surface area contributed by atoms with Crippen molar-refractivity contribution in [2.75, 3.05) is 11.9 Å². The summed E-state index contributed by atoms with van der Waals surface area (Å²) in [5.41, 5.74) is 3.00. The highest BCUT2D eigenvalue weighted by Crippen LogP contribution is 2.22. The summed E-state index contributed by atoms with van der Waals surface area (Å²) in [6.07, 6.45) is 1.53. The van der Waals surface area contributed by atoms with Crippen LogP contribution >= 0.6 is 0 Å². The smallest absolute Gasteiger partial charge is 0.355 e. The van der Waals surface area contributed by atoms with Crippen molar-refractivity contribution < 1.29 is 23.1 Å². The number of amides is 2. The zero-order chi connectivity index (χ0) is 21.7. The number of esters is 1. The normalized spacial score (nSPS) is 10.7. The molecule has 0 fully saturated rings. The minimum atomic E-state index is -0.443. The van der Waals surface area contributed by atoms with Crippen LogP contribution in [0.15, 0.2) is 47.1 Å². The van der Waals surface area contributed by atoms with Gasteiger partial charge < -0.3 is 24.4 Å². The van der Waals surface area contributed by atoms with Crippen molar-refractivity contribution >= 4 is 17.7 Å². The van der Waals surface area contributed by atoms with Crippen LogP contribution in [0.4, 0.5) is 14.9 Å². The van der Waals surface area contributed by atoms with Gasteiger partial charge in [0.2, 0.25) is 0 Å². The first-order valence-corrected chi connectivity index (χ1v) is 9.58. The first-order chi connectivity index (χ1) is 14.4. The summed E-state index contributed by atoms with van der Waals surface area (Å²) >= 11 is 0. The van der Waals surface area contributed by atoms with Gasteiger partial charge in [-0.05, 0) is 62.2 Å². The topological polar surface area (TPSA) is 87.6 Å². The minimum absolute atomic E-state index is 0.201. The highest BCUT2D eigenvalue weighted by atomic mass is 19.1. The fourth-order valence-corrected chi connectivity index (χ4v) is 3.18. The Morgan fingerprint density at radius 2 is 2.00 bits per heavy atom. The third kappa shape index (κ3) is 4.89. The molecule has 0 bridgehead atoms.